The molecule has 2 aromatic carbocycles. The molecule has 0 aromatic heterocycles. The molecule has 0 aliphatic carbocycles. The molecule has 0 bridgehead atoms. The lowest BCUT2D eigenvalue weighted by atomic mass is 10.2. The van der Waals surface area contributed by atoms with E-state index >= 15 is 0 Å². The van der Waals surface area contributed by atoms with Crippen LogP contribution in [0, 0.1) is 0 Å². The number of amides is 3. The molecule has 1 saturated heterocycles. The monoisotopic (exact) mass is 473 g/mol. The third kappa shape index (κ3) is 5.70. The van der Waals surface area contributed by atoms with Crippen molar-refractivity contribution in [2.24, 2.45) is 0 Å². The highest BCUT2D eigenvalue weighted by Gasteiger charge is 2.34. The van der Waals surface area contributed by atoms with Crippen LogP contribution in [0.5, 0.6) is 0 Å². The van der Waals surface area contributed by atoms with E-state index in [1.807, 2.05) is 0 Å². The van der Waals surface area contributed by atoms with Crippen molar-refractivity contribution in [2.75, 3.05) is 6.54 Å². The third-order valence-electron chi connectivity index (χ3n) is 4.73. The van der Waals surface area contributed by atoms with Gasteiger partial charge in [-0.2, -0.15) is 0 Å². The first-order valence-electron chi connectivity index (χ1n) is 9.05. The van der Waals surface area contributed by atoms with Gasteiger partial charge in [0.15, 0.2) is 0 Å². The van der Waals surface area contributed by atoms with Crippen LogP contribution in [0.1, 0.15) is 24.0 Å². The summed E-state index contributed by atoms with van der Waals surface area (Å²) in [6.07, 6.45) is 1.37. The average molecular weight is 475 g/mol. The van der Waals surface area contributed by atoms with Gasteiger partial charge in [0.25, 0.3) is 0 Å². The maximum absolute atomic E-state index is 12.6. The van der Waals surface area contributed by atoms with Crippen LogP contribution >= 0.6 is 46.4 Å². The number of nitrogens with one attached hydrogen (secondary N) is 2. The minimum Gasteiger partial charge on any atom is -0.350 e. The second-order valence-electron chi connectivity index (χ2n) is 6.70. The molecule has 1 aliphatic rings. The molecule has 0 saturated carbocycles. The summed E-state index contributed by atoms with van der Waals surface area (Å²) in [4.78, 5) is 26.8. The van der Waals surface area contributed by atoms with Gasteiger partial charge in [-0.1, -0.05) is 58.5 Å². The molecule has 1 atom stereocenters. The number of urea groups is 1. The van der Waals surface area contributed by atoms with Crippen LogP contribution < -0.4 is 10.6 Å². The van der Waals surface area contributed by atoms with E-state index in [0.29, 0.717) is 33.1 Å². The Hall–Kier alpha value is -1.66. The molecule has 3 amide bonds. The van der Waals surface area contributed by atoms with E-state index in [1.54, 1.807) is 41.3 Å². The number of benzene rings is 2. The Morgan fingerprint density at radius 3 is 2.00 bits per heavy atom. The van der Waals surface area contributed by atoms with E-state index in [0.717, 1.165) is 17.5 Å². The van der Waals surface area contributed by atoms with Crippen LogP contribution in [0.2, 0.25) is 20.1 Å². The van der Waals surface area contributed by atoms with Gasteiger partial charge in [0, 0.05) is 39.7 Å². The first kappa shape index (κ1) is 22.0. The molecule has 2 aromatic rings. The summed E-state index contributed by atoms with van der Waals surface area (Å²) in [6.45, 7) is 1.03. The second kappa shape index (κ2) is 9.90. The van der Waals surface area contributed by atoms with Gasteiger partial charge < -0.3 is 15.5 Å². The molecular weight excluding hydrogens is 456 g/mol. The van der Waals surface area contributed by atoms with E-state index in [-0.39, 0.29) is 25.0 Å². The van der Waals surface area contributed by atoms with Gasteiger partial charge in [0.2, 0.25) is 5.91 Å². The normalized spacial score (nSPS) is 16.0. The summed E-state index contributed by atoms with van der Waals surface area (Å²) in [6, 6.07) is 9.37. The van der Waals surface area contributed by atoms with Gasteiger partial charge in [-0.3, -0.25) is 4.79 Å². The van der Waals surface area contributed by atoms with Crippen molar-refractivity contribution >= 4 is 58.3 Å². The molecule has 5 nitrogen and oxygen atoms in total. The van der Waals surface area contributed by atoms with Crippen LogP contribution in [-0.4, -0.2) is 29.4 Å². The molecule has 29 heavy (non-hydrogen) atoms. The molecule has 1 fully saturated rings. The minimum atomic E-state index is -0.526. The lowest BCUT2D eigenvalue weighted by Gasteiger charge is -2.24. The summed E-state index contributed by atoms with van der Waals surface area (Å²) in [5, 5.41) is 7.70. The summed E-state index contributed by atoms with van der Waals surface area (Å²) in [7, 11) is 0. The third-order valence-corrected chi connectivity index (χ3v) is 5.90. The first-order valence-corrected chi connectivity index (χ1v) is 10.6. The van der Waals surface area contributed by atoms with Crippen molar-refractivity contribution in [1.29, 1.82) is 0 Å². The van der Waals surface area contributed by atoms with Crippen molar-refractivity contribution in [3.63, 3.8) is 0 Å². The molecule has 3 rings (SSSR count). The molecule has 0 spiro atoms. The Morgan fingerprint density at radius 1 is 0.897 bits per heavy atom. The predicted octanol–water partition coefficient (Wildman–Crippen LogP) is 5.29. The summed E-state index contributed by atoms with van der Waals surface area (Å²) >= 11 is 24.1. The molecule has 0 radical (unpaired) electrons. The fourth-order valence-electron chi connectivity index (χ4n) is 3.18. The lowest BCUT2D eigenvalue weighted by molar-refractivity contribution is -0.124. The number of hydrogen-bond acceptors (Lipinski definition) is 2. The van der Waals surface area contributed by atoms with Gasteiger partial charge >= 0.3 is 6.03 Å². The van der Waals surface area contributed by atoms with Gasteiger partial charge in [0.1, 0.15) is 6.04 Å². The van der Waals surface area contributed by atoms with E-state index < -0.39 is 6.04 Å². The highest BCUT2D eigenvalue weighted by molar-refractivity contribution is 6.35. The Morgan fingerprint density at radius 2 is 1.45 bits per heavy atom. The van der Waals surface area contributed by atoms with E-state index in [9.17, 15) is 9.59 Å². The highest BCUT2D eigenvalue weighted by Crippen LogP contribution is 2.23. The Labute approximate surface area is 189 Å². The van der Waals surface area contributed by atoms with Crippen LogP contribution in [0.4, 0.5) is 4.79 Å². The number of likely N-dealkylation sites (tertiary alicyclic amines) is 1. The Balaban J connectivity index is 1.56. The van der Waals surface area contributed by atoms with E-state index in [2.05, 4.69) is 10.6 Å². The molecular formula is C20H19Cl4N3O2. The quantitative estimate of drug-likeness (QED) is 0.618. The second-order valence-corrected chi connectivity index (χ2v) is 8.39. The van der Waals surface area contributed by atoms with Crippen molar-refractivity contribution in [2.45, 2.75) is 32.0 Å². The fourth-order valence-corrected chi connectivity index (χ4v) is 4.14. The van der Waals surface area contributed by atoms with Crippen LogP contribution in [0.15, 0.2) is 36.4 Å². The molecule has 0 unspecified atom stereocenters. The van der Waals surface area contributed by atoms with Gasteiger partial charge in [0.05, 0.1) is 0 Å². The SMILES string of the molecule is O=C(NCc1ccc(Cl)cc1Cl)[C@@H]1CCCN1C(=O)NCc1ccc(Cl)cc1Cl. The minimum absolute atomic E-state index is 0.215. The smallest absolute Gasteiger partial charge is 0.318 e. The average Bonchev–Trinajstić information content (AvgIpc) is 3.16. The molecule has 154 valence electrons. The fraction of sp³-hybridized carbons (Fsp3) is 0.300. The van der Waals surface area contributed by atoms with Gasteiger partial charge in [-0.15, -0.1) is 0 Å². The maximum atomic E-state index is 12.6. The van der Waals surface area contributed by atoms with Crippen molar-refractivity contribution < 1.29 is 9.59 Å². The number of nitrogens with zero attached hydrogens (tertiary/aromatic N) is 1. The number of carbonyl (C=O) groups is 2. The zero-order chi connectivity index (χ0) is 21.0. The number of hydrogen-bond donors (Lipinski definition) is 2. The van der Waals surface area contributed by atoms with Crippen LogP contribution in [0.25, 0.3) is 0 Å². The van der Waals surface area contributed by atoms with Gasteiger partial charge in [-0.05, 0) is 48.2 Å². The number of rotatable bonds is 5. The first-order chi connectivity index (χ1) is 13.8. The lowest BCUT2D eigenvalue weighted by Crippen LogP contribution is -2.49. The number of carbonyl (C=O) groups excluding carboxylic acids is 2. The molecule has 1 heterocycles. The summed E-state index contributed by atoms with van der Waals surface area (Å²) in [5.41, 5.74) is 1.51. The standard InChI is InChI=1S/C20H19Cl4N3O2/c21-14-5-3-12(16(23)8-14)10-25-19(28)18-2-1-7-27(18)20(29)26-11-13-4-6-15(22)9-17(13)24/h3-6,8-9,18H,1-2,7,10-11H2,(H,25,28)(H,26,29)/t18-/m0/s1. The zero-order valence-corrected chi connectivity index (χ0v) is 18.4. The highest BCUT2D eigenvalue weighted by atomic mass is 35.5. The Bertz CT molecular complexity index is 849. The molecule has 9 heteroatoms. The molecule has 2 N–H and O–H groups in total. The summed E-state index contributed by atoms with van der Waals surface area (Å²) in [5.74, 6) is -0.215. The van der Waals surface area contributed by atoms with Crippen LogP contribution in [0.3, 0.4) is 0 Å². The van der Waals surface area contributed by atoms with E-state index in [1.165, 1.54) is 0 Å². The molecule has 1 aliphatic heterocycles. The topological polar surface area (TPSA) is 61.4 Å². The Kier molecular flexibility index (Phi) is 7.52. The predicted molar refractivity (Wildman–Crippen MR) is 117 cm³/mol. The zero-order valence-electron chi connectivity index (χ0n) is 15.4. The summed E-state index contributed by atoms with van der Waals surface area (Å²) < 4.78 is 0. The van der Waals surface area contributed by atoms with Crippen molar-refractivity contribution in [3.8, 4) is 0 Å². The van der Waals surface area contributed by atoms with Crippen molar-refractivity contribution in [1.82, 2.24) is 15.5 Å². The van der Waals surface area contributed by atoms with Crippen LogP contribution in [-0.2, 0) is 17.9 Å². The largest absolute Gasteiger partial charge is 0.350 e. The number of halogens is 4. The van der Waals surface area contributed by atoms with Gasteiger partial charge in [-0.25, -0.2) is 4.79 Å². The van der Waals surface area contributed by atoms with E-state index in [4.69, 9.17) is 46.4 Å². The maximum Gasteiger partial charge on any atom is 0.318 e. The van der Waals surface area contributed by atoms with Crippen molar-refractivity contribution in [3.05, 3.63) is 67.6 Å².